The van der Waals surface area contributed by atoms with Crippen LogP contribution in [0, 0.1) is 0 Å². The van der Waals surface area contributed by atoms with E-state index in [1.807, 2.05) is 12.1 Å². The van der Waals surface area contributed by atoms with Crippen LogP contribution in [0.5, 0.6) is 0 Å². The van der Waals surface area contributed by atoms with Crippen molar-refractivity contribution < 1.29 is 43.0 Å². The van der Waals surface area contributed by atoms with E-state index in [2.05, 4.69) is 4.74 Å². The van der Waals surface area contributed by atoms with E-state index in [4.69, 9.17) is 9.47 Å². The fourth-order valence-electron chi connectivity index (χ4n) is 3.55. The first-order valence-electron chi connectivity index (χ1n) is 9.64. The summed E-state index contributed by atoms with van der Waals surface area (Å²) in [5.74, 6) is -0.724. The predicted octanol–water partition coefficient (Wildman–Crippen LogP) is 0.252. The summed E-state index contributed by atoms with van der Waals surface area (Å²) in [6.45, 7) is 0. The van der Waals surface area contributed by atoms with Crippen molar-refractivity contribution in [1.29, 1.82) is 0 Å². The molecule has 0 saturated heterocycles. The fraction of sp³-hybridized carbons (Fsp3) is 0.167. The quantitative estimate of drug-likeness (QED) is 0.310. The molecule has 3 rings (SSSR count). The average molecular weight is 443 g/mol. The molecule has 0 aliphatic carbocycles. The molecule has 3 aromatic carbocycles. The maximum atomic E-state index is 13.8. The van der Waals surface area contributed by atoms with Crippen molar-refractivity contribution in [1.82, 2.24) is 0 Å². The standard InChI is InChI=1S/C24H23NO5P.Li/c1-29-23(27)22(21(26)18-12-6-3-7-13-18)31(25-24(28)30-2,19-14-8-4-9-15-19)20-16-10-5-11-17-20;/h3-17,21-22H,1-2H3;/q-1;+1. The van der Waals surface area contributed by atoms with Crippen LogP contribution in [-0.2, 0) is 14.3 Å². The Morgan fingerprint density at radius 1 is 0.781 bits per heavy atom. The third kappa shape index (κ3) is 5.23. The van der Waals surface area contributed by atoms with Gasteiger partial charge in [0.15, 0.2) is 0 Å². The Bertz CT molecular complexity index is 1030. The molecule has 0 N–H and O–H groups in total. The number of esters is 1. The summed E-state index contributed by atoms with van der Waals surface area (Å²) in [5, 5.41) is 15.0. The molecule has 1 amide bonds. The van der Waals surface area contributed by atoms with Gasteiger partial charge in [-0.25, -0.2) is 4.79 Å². The molecule has 32 heavy (non-hydrogen) atoms. The van der Waals surface area contributed by atoms with Crippen molar-refractivity contribution in [2.75, 3.05) is 14.2 Å². The maximum absolute atomic E-state index is 13.8. The minimum Gasteiger partial charge on any atom is -0.848 e. The Morgan fingerprint density at radius 3 is 1.62 bits per heavy atom. The molecule has 2 atom stereocenters. The largest absolute Gasteiger partial charge is 1.00 e. The van der Waals surface area contributed by atoms with Crippen LogP contribution in [0.4, 0.5) is 4.79 Å². The molecule has 160 valence electrons. The van der Waals surface area contributed by atoms with Crippen LogP contribution in [0.15, 0.2) is 95.7 Å². The van der Waals surface area contributed by atoms with Crippen LogP contribution >= 0.6 is 7.05 Å². The second-order valence-corrected chi connectivity index (χ2v) is 9.89. The number of rotatable bonds is 6. The molecule has 2 unspecified atom stereocenters. The molecule has 8 heteroatoms. The van der Waals surface area contributed by atoms with Gasteiger partial charge in [0.05, 0.1) is 26.9 Å². The average Bonchev–Trinajstić information content (AvgIpc) is 2.84. The van der Waals surface area contributed by atoms with E-state index in [1.165, 1.54) is 14.2 Å². The van der Waals surface area contributed by atoms with Gasteiger partial charge in [-0.2, -0.15) is 4.74 Å². The zero-order chi connectivity index (χ0) is 22.3. The third-order valence-electron chi connectivity index (χ3n) is 4.97. The van der Waals surface area contributed by atoms with Crippen LogP contribution < -0.4 is 34.6 Å². The minimum atomic E-state index is -3.31. The fourth-order valence-corrected chi connectivity index (χ4v) is 7.41. The smallest absolute Gasteiger partial charge is 0.848 e. The second-order valence-electron chi connectivity index (χ2n) is 6.73. The zero-order valence-corrected chi connectivity index (χ0v) is 19.1. The summed E-state index contributed by atoms with van der Waals surface area (Å²) >= 11 is 0. The molecule has 0 aliphatic heterocycles. The Kier molecular flexibility index (Phi) is 9.50. The molecule has 0 bridgehead atoms. The monoisotopic (exact) mass is 443 g/mol. The molecular formula is C24H23LiNO5P. The summed E-state index contributed by atoms with van der Waals surface area (Å²) in [6.07, 6.45) is -2.37. The maximum Gasteiger partial charge on any atom is 1.00 e. The minimum absolute atomic E-state index is 0. The number of benzene rings is 3. The third-order valence-corrected chi connectivity index (χ3v) is 8.91. The van der Waals surface area contributed by atoms with Crippen molar-refractivity contribution in [2.45, 2.75) is 11.8 Å². The van der Waals surface area contributed by atoms with Gasteiger partial charge in [0.25, 0.3) is 0 Å². The van der Waals surface area contributed by atoms with Crippen LogP contribution in [0.2, 0.25) is 0 Å². The topological polar surface area (TPSA) is 88.0 Å². The summed E-state index contributed by atoms with van der Waals surface area (Å²) in [4.78, 5) is 25.7. The molecule has 3 aromatic rings. The number of hydrogen-bond donors (Lipinski definition) is 0. The normalized spacial score (nSPS) is 12.6. The predicted molar refractivity (Wildman–Crippen MR) is 119 cm³/mol. The van der Waals surface area contributed by atoms with Crippen molar-refractivity contribution in [2.24, 2.45) is 4.74 Å². The molecule has 0 spiro atoms. The van der Waals surface area contributed by atoms with E-state index in [1.54, 1.807) is 78.9 Å². The van der Waals surface area contributed by atoms with E-state index in [9.17, 15) is 14.7 Å². The number of hydrogen-bond acceptors (Lipinski definition) is 5. The first-order valence-corrected chi connectivity index (χ1v) is 11.5. The van der Waals surface area contributed by atoms with E-state index < -0.39 is 30.9 Å². The van der Waals surface area contributed by atoms with Gasteiger partial charge in [0.2, 0.25) is 0 Å². The first-order chi connectivity index (χ1) is 15.0. The second kappa shape index (κ2) is 11.9. The summed E-state index contributed by atoms with van der Waals surface area (Å²) < 4.78 is 14.4. The van der Waals surface area contributed by atoms with Crippen molar-refractivity contribution in [3.05, 3.63) is 96.6 Å². The Labute approximate surface area is 199 Å². The van der Waals surface area contributed by atoms with Crippen molar-refractivity contribution in [3.8, 4) is 0 Å². The van der Waals surface area contributed by atoms with Gasteiger partial charge >= 0.3 is 30.9 Å². The first kappa shape index (κ1) is 25.6. The number of nitrogens with zero attached hydrogens (tertiary/aromatic N) is 1. The SMILES string of the molecule is COC(=O)N=P(c1ccccc1)(c1ccccc1)C(C(=O)OC)C([O-])c1ccccc1.[Li+]. The van der Waals surface area contributed by atoms with Gasteiger partial charge in [0.1, 0.15) is 0 Å². The van der Waals surface area contributed by atoms with Gasteiger partial charge in [-0.05, 0) is 10.6 Å². The molecule has 6 nitrogen and oxygen atoms in total. The number of amides is 1. The summed E-state index contributed by atoms with van der Waals surface area (Å²) in [5.41, 5.74) is -0.863. The number of carbonyl (C=O) groups is 2. The summed E-state index contributed by atoms with van der Waals surface area (Å²) in [6, 6.07) is 26.5. The van der Waals surface area contributed by atoms with E-state index in [0.29, 0.717) is 16.2 Å². The molecular weight excluding hydrogens is 420 g/mol. The number of ether oxygens (including phenoxy) is 2. The van der Waals surface area contributed by atoms with Crippen LogP contribution in [0.3, 0.4) is 0 Å². The Morgan fingerprint density at radius 2 is 1.22 bits per heavy atom. The Balaban J connectivity index is 0.00000363. The van der Waals surface area contributed by atoms with Gasteiger partial charge in [0, 0.05) is 0 Å². The van der Waals surface area contributed by atoms with Crippen LogP contribution in [-0.4, -0.2) is 31.9 Å². The zero-order valence-electron chi connectivity index (χ0n) is 18.3. The van der Waals surface area contributed by atoms with Gasteiger partial charge in [-0.3, -0.25) is 4.79 Å². The molecule has 0 aliphatic rings. The summed E-state index contributed by atoms with van der Waals surface area (Å²) in [7, 11) is -0.865. The molecule has 0 heterocycles. The van der Waals surface area contributed by atoms with Crippen LogP contribution in [0.1, 0.15) is 11.7 Å². The van der Waals surface area contributed by atoms with E-state index in [-0.39, 0.29) is 18.9 Å². The van der Waals surface area contributed by atoms with E-state index >= 15 is 0 Å². The molecule has 0 aromatic heterocycles. The molecule has 0 radical (unpaired) electrons. The van der Waals surface area contributed by atoms with E-state index in [0.717, 1.165) is 0 Å². The van der Waals surface area contributed by atoms with Crippen LogP contribution in [0.25, 0.3) is 0 Å². The van der Waals surface area contributed by atoms with Crippen molar-refractivity contribution in [3.63, 3.8) is 0 Å². The number of methoxy groups -OCH3 is 2. The molecule has 0 fully saturated rings. The molecule has 0 saturated carbocycles. The van der Waals surface area contributed by atoms with Gasteiger partial charge in [-0.15, -0.1) is 0 Å². The van der Waals surface area contributed by atoms with Crippen molar-refractivity contribution >= 4 is 29.7 Å². The number of carbonyl (C=O) groups excluding carboxylic acids is 2. The van der Waals surface area contributed by atoms with Gasteiger partial charge in [-0.1, -0.05) is 103 Å². The van der Waals surface area contributed by atoms with Gasteiger partial charge < -0.3 is 14.6 Å². The Hall–Kier alpha value is -2.61.